The molecule has 4 amide bonds. The van der Waals surface area contributed by atoms with Crippen LogP contribution >= 0.6 is 0 Å². The standard InChI is InChI=1S/C23H33N3O4/c1-4-6-11-18(5-2)16-30-15-10-14-24-17(3)20-21(27)25-23(29)26(22(20)28)19-12-8-7-9-13-19/h7-9,12-13,18,20H,4-6,10-11,14-16H2,1-3H3,(H,25,27,29)/t18-,20?/m0/s1. The number of hydrogen-bond acceptors (Lipinski definition) is 5. The van der Waals surface area contributed by atoms with Gasteiger partial charge in [0.05, 0.1) is 5.69 Å². The number of hydrogen-bond donors (Lipinski definition) is 1. The number of amides is 4. The Balaban J connectivity index is 1.88. The van der Waals surface area contributed by atoms with Gasteiger partial charge < -0.3 is 4.74 Å². The number of anilines is 1. The highest BCUT2D eigenvalue weighted by atomic mass is 16.5. The van der Waals surface area contributed by atoms with Crippen LogP contribution in [0.1, 0.15) is 52.9 Å². The van der Waals surface area contributed by atoms with Gasteiger partial charge in [-0.1, -0.05) is 51.3 Å². The lowest BCUT2D eigenvalue weighted by atomic mass is 9.99. The number of carbonyl (C=O) groups excluding carboxylic acids is 3. The number of ether oxygens (including phenoxy) is 1. The van der Waals surface area contributed by atoms with Gasteiger partial charge in [0.1, 0.15) is 0 Å². The van der Waals surface area contributed by atoms with Crippen LogP contribution in [0.25, 0.3) is 0 Å². The van der Waals surface area contributed by atoms with Gasteiger partial charge in [0, 0.05) is 25.5 Å². The molecule has 7 nitrogen and oxygen atoms in total. The molecule has 30 heavy (non-hydrogen) atoms. The van der Waals surface area contributed by atoms with Crippen molar-refractivity contribution in [3.63, 3.8) is 0 Å². The van der Waals surface area contributed by atoms with E-state index in [2.05, 4.69) is 24.2 Å². The van der Waals surface area contributed by atoms with Crippen molar-refractivity contribution in [2.24, 2.45) is 16.8 Å². The lowest BCUT2D eigenvalue weighted by Gasteiger charge is -2.30. The van der Waals surface area contributed by atoms with Crippen molar-refractivity contribution in [3.05, 3.63) is 30.3 Å². The Labute approximate surface area is 178 Å². The summed E-state index contributed by atoms with van der Waals surface area (Å²) in [6, 6.07) is 7.82. The number of urea groups is 1. The van der Waals surface area contributed by atoms with Gasteiger partial charge in [-0.3, -0.25) is 19.9 Å². The first-order valence-corrected chi connectivity index (χ1v) is 10.8. The van der Waals surface area contributed by atoms with Crippen LogP contribution in [0.5, 0.6) is 0 Å². The van der Waals surface area contributed by atoms with Crippen LogP contribution in [0.2, 0.25) is 0 Å². The molecule has 1 aromatic carbocycles. The molecule has 1 fully saturated rings. The van der Waals surface area contributed by atoms with Crippen LogP contribution < -0.4 is 10.2 Å². The highest BCUT2D eigenvalue weighted by molar-refractivity contribution is 6.35. The summed E-state index contributed by atoms with van der Waals surface area (Å²) in [6.45, 7) is 7.86. The predicted octanol–water partition coefficient (Wildman–Crippen LogP) is 3.97. The molecule has 1 N–H and O–H groups in total. The third-order valence-electron chi connectivity index (χ3n) is 5.30. The predicted molar refractivity (Wildman–Crippen MR) is 118 cm³/mol. The van der Waals surface area contributed by atoms with Crippen molar-refractivity contribution in [2.45, 2.75) is 52.9 Å². The van der Waals surface area contributed by atoms with Crippen molar-refractivity contribution in [1.82, 2.24) is 5.32 Å². The number of imide groups is 2. The molecule has 1 aliphatic heterocycles. The number of nitrogens with zero attached hydrogens (tertiary/aromatic N) is 2. The van der Waals surface area contributed by atoms with Crippen LogP contribution in [0, 0.1) is 11.8 Å². The number of barbiturate groups is 1. The van der Waals surface area contributed by atoms with E-state index in [1.165, 1.54) is 19.3 Å². The lowest BCUT2D eigenvalue weighted by molar-refractivity contribution is -0.131. The fourth-order valence-electron chi connectivity index (χ4n) is 3.43. The fraction of sp³-hybridized carbons (Fsp3) is 0.565. The zero-order chi connectivity index (χ0) is 21.9. The first-order valence-electron chi connectivity index (χ1n) is 10.8. The first kappa shape index (κ1) is 23.7. The van der Waals surface area contributed by atoms with E-state index in [1.54, 1.807) is 37.3 Å². The Kier molecular flexibility index (Phi) is 9.67. The van der Waals surface area contributed by atoms with Gasteiger partial charge in [0.25, 0.3) is 5.91 Å². The first-order chi connectivity index (χ1) is 14.5. The summed E-state index contributed by atoms with van der Waals surface area (Å²) in [6.07, 6.45) is 5.45. The van der Waals surface area contributed by atoms with Gasteiger partial charge in [-0.05, 0) is 37.8 Å². The minimum absolute atomic E-state index is 0.403. The highest BCUT2D eigenvalue weighted by Gasteiger charge is 2.42. The second kappa shape index (κ2) is 12.2. The van der Waals surface area contributed by atoms with E-state index in [4.69, 9.17) is 4.74 Å². The van der Waals surface area contributed by atoms with Crippen molar-refractivity contribution in [1.29, 1.82) is 0 Å². The van der Waals surface area contributed by atoms with Crippen LogP contribution in [0.4, 0.5) is 10.5 Å². The summed E-state index contributed by atoms with van der Waals surface area (Å²) in [5, 5.41) is 2.26. The smallest absolute Gasteiger partial charge is 0.335 e. The Morgan fingerprint density at radius 2 is 1.90 bits per heavy atom. The topological polar surface area (TPSA) is 88.1 Å². The molecule has 0 bridgehead atoms. The van der Waals surface area contributed by atoms with E-state index in [0.717, 1.165) is 17.9 Å². The Morgan fingerprint density at radius 3 is 2.57 bits per heavy atom. The summed E-state index contributed by atoms with van der Waals surface area (Å²) < 4.78 is 5.77. The summed E-state index contributed by atoms with van der Waals surface area (Å²) in [5.41, 5.74) is 0.826. The second-order valence-corrected chi connectivity index (χ2v) is 7.60. The number of para-hydroxylation sites is 1. The summed E-state index contributed by atoms with van der Waals surface area (Å²) >= 11 is 0. The maximum Gasteiger partial charge on any atom is 0.335 e. The number of benzene rings is 1. The molecule has 0 saturated carbocycles. The van der Waals surface area contributed by atoms with Gasteiger partial charge in [-0.25, -0.2) is 9.69 Å². The van der Waals surface area contributed by atoms with E-state index in [9.17, 15) is 14.4 Å². The largest absolute Gasteiger partial charge is 0.381 e. The molecule has 0 spiro atoms. The number of nitrogens with one attached hydrogen (secondary N) is 1. The van der Waals surface area contributed by atoms with Gasteiger partial charge in [-0.15, -0.1) is 0 Å². The van der Waals surface area contributed by atoms with Gasteiger partial charge in [0.15, 0.2) is 5.92 Å². The van der Waals surface area contributed by atoms with Gasteiger partial charge in [0.2, 0.25) is 5.91 Å². The Hall–Kier alpha value is -2.54. The molecular weight excluding hydrogens is 382 g/mol. The molecule has 2 atom stereocenters. The molecule has 1 aliphatic rings. The number of aliphatic imine (C=N–C) groups is 1. The molecule has 1 saturated heterocycles. The van der Waals surface area contributed by atoms with Gasteiger partial charge >= 0.3 is 6.03 Å². The molecule has 7 heteroatoms. The zero-order valence-electron chi connectivity index (χ0n) is 18.2. The summed E-state index contributed by atoms with van der Waals surface area (Å²) in [4.78, 5) is 42.7. The maximum absolute atomic E-state index is 12.9. The van der Waals surface area contributed by atoms with E-state index in [1.807, 2.05) is 0 Å². The number of carbonyl (C=O) groups is 3. The molecule has 0 aliphatic carbocycles. The normalized spacial score (nSPS) is 18.5. The van der Waals surface area contributed by atoms with E-state index in [0.29, 0.717) is 36.9 Å². The average molecular weight is 416 g/mol. The Morgan fingerprint density at radius 1 is 1.17 bits per heavy atom. The monoisotopic (exact) mass is 415 g/mol. The van der Waals surface area contributed by atoms with Crippen molar-refractivity contribution in [2.75, 3.05) is 24.7 Å². The van der Waals surface area contributed by atoms with Gasteiger partial charge in [-0.2, -0.15) is 0 Å². The molecule has 164 valence electrons. The third-order valence-corrected chi connectivity index (χ3v) is 5.30. The second-order valence-electron chi connectivity index (χ2n) is 7.60. The Bertz CT molecular complexity index is 748. The van der Waals surface area contributed by atoms with E-state index >= 15 is 0 Å². The molecule has 0 radical (unpaired) electrons. The minimum Gasteiger partial charge on any atom is -0.381 e. The van der Waals surface area contributed by atoms with Crippen molar-refractivity contribution in [3.8, 4) is 0 Å². The number of unbranched alkanes of at least 4 members (excludes halogenated alkanes) is 1. The van der Waals surface area contributed by atoms with Crippen LogP contribution in [0.3, 0.4) is 0 Å². The van der Waals surface area contributed by atoms with Crippen LogP contribution in [0.15, 0.2) is 35.3 Å². The van der Waals surface area contributed by atoms with Crippen molar-refractivity contribution >= 4 is 29.2 Å². The molecule has 1 aromatic rings. The quantitative estimate of drug-likeness (QED) is 0.318. The van der Waals surface area contributed by atoms with Crippen LogP contribution in [-0.2, 0) is 14.3 Å². The molecular formula is C23H33N3O4. The summed E-state index contributed by atoms with van der Waals surface area (Å²) in [7, 11) is 0. The minimum atomic E-state index is -1.10. The highest BCUT2D eigenvalue weighted by Crippen LogP contribution is 2.21. The molecule has 1 heterocycles. The molecule has 1 unspecified atom stereocenters. The lowest BCUT2D eigenvalue weighted by Crippen LogP contribution is -2.60. The average Bonchev–Trinajstić information content (AvgIpc) is 2.73. The third kappa shape index (κ3) is 6.49. The molecule has 0 aromatic heterocycles. The van der Waals surface area contributed by atoms with Crippen molar-refractivity contribution < 1.29 is 19.1 Å². The SMILES string of the molecule is CCCC[C@H](CC)COCCCN=C(C)C1C(=O)NC(=O)N(c2ccccc2)C1=O. The van der Waals surface area contributed by atoms with E-state index in [-0.39, 0.29) is 0 Å². The van der Waals surface area contributed by atoms with E-state index < -0.39 is 23.8 Å². The number of rotatable bonds is 12. The van der Waals surface area contributed by atoms with Crippen LogP contribution in [-0.4, -0.2) is 43.3 Å². The summed E-state index contributed by atoms with van der Waals surface area (Å²) in [5.74, 6) is -1.70. The fourth-order valence-corrected chi connectivity index (χ4v) is 3.43. The zero-order valence-corrected chi connectivity index (χ0v) is 18.2. The molecule has 2 rings (SSSR count). The maximum atomic E-state index is 12.9.